The summed E-state index contributed by atoms with van der Waals surface area (Å²) in [4.78, 5) is 29.6. The van der Waals surface area contributed by atoms with Gasteiger partial charge in [0.2, 0.25) is 5.95 Å². The van der Waals surface area contributed by atoms with Crippen LogP contribution in [0.1, 0.15) is 92.7 Å². The topological polar surface area (TPSA) is 117 Å². The lowest BCUT2D eigenvalue weighted by atomic mass is 9.86. The molecule has 1 saturated carbocycles. The average molecular weight is 669 g/mol. The van der Waals surface area contributed by atoms with Crippen molar-refractivity contribution < 1.29 is 17.6 Å². The lowest BCUT2D eigenvalue weighted by molar-refractivity contribution is 0.0981. The highest BCUT2D eigenvalue weighted by Gasteiger charge is 2.63. The predicted octanol–water partition coefficient (Wildman–Crippen LogP) is 6.57. The molecule has 2 N–H and O–H groups in total. The maximum atomic E-state index is 15.8. The number of sulfonamides is 1. The number of nitrogens with one attached hydrogen (secondary N) is 2. The summed E-state index contributed by atoms with van der Waals surface area (Å²) < 4.78 is 45.4. The van der Waals surface area contributed by atoms with E-state index in [0.717, 1.165) is 36.1 Å². The molecule has 250 valence electrons. The molecule has 3 atom stereocenters. The molecule has 7 rings (SSSR count). The Bertz CT molecular complexity index is 2010. The van der Waals surface area contributed by atoms with E-state index >= 15 is 4.39 Å². The van der Waals surface area contributed by atoms with Gasteiger partial charge < -0.3 is 10.2 Å². The number of anilines is 2. The second-order valence-electron chi connectivity index (χ2n) is 15.3. The highest BCUT2D eigenvalue weighted by atomic mass is 32.2. The first-order valence-electron chi connectivity index (χ1n) is 16.4. The largest absolute Gasteiger partial charge is 0.362 e. The van der Waals surface area contributed by atoms with Crippen molar-refractivity contribution in [2.45, 2.75) is 82.3 Å². The fraction of sp³-hybridized carbons (Fsp3) is 0.405. The molecular formula is C37H41FN6O3S. The van der Waals surface area contributed by atoms with E-state index in [0.29, 0.717) is 18.3 Å². The van der Waals surface area contributed by atoms with Crippen molar-refractivity contribution in [3.8, 4) is 0 Å². The summed E-state index contributed by atoms with van der Waals surface area (Å²) in [5, 5.41) is 3.19. The Hall–Kier alpha value is -4.38. The first kappa shape index (κ1) is 32.2. The van der Waals surface area contributed by atoms with Crippen molar-refractivity contribution in [2.75, 3.05) is 16.8 Å². The SMILES string of the molecule is CC(C)(C)c1ccnc(C2CC3CC34CN(c3nc(F)c(Cc5ccccc5)cc3C(=O)NS(=O)(=O)c3cccc(n3)N2)C(C)(C)C4)c1. The van der Waals surface area contributed by atoms with Crippen LogP contribution in [0.4, 0.5) is 16.0 Å². The van der Waals surface area contributed by atoms with Crippen LogP contribution in [0.5, 0.6) is 0 Å². The van der Waals surface area contributed by atoms with Gasteiger partial charge in [-0.15, -0.1) is 0 Å². The molecule has 2 fully saturated rings. The number of halogens is 1. The summed E-state index contributed by atoms with van der Waals surface area (Å²) in [7, 11) is -4.41. The maximum Gasteiger partial charge on any atom is 0.281 e. The molecule has 0 radical (unpaired) electrons. The minimum Gasteiger partial charge on any atom is -0.362 e. The van der Waals surface area contributed by atoms with Gasteiger partial charge in [0.05, 0.1) is 17.3 Å². The number of nitrogens with zero attached hydrogens (tertiary/aromatic N) is 4. The molecule has 2 aliphatic heterocycles. The summed E-state index contributed by atoms with van der Waals surface area (Å²) in [6.45, 7) is 11.2. The molecule has 1 aliphatic carbocycles. The van der Waals surface area contributed by atoms with Gasteiger partial charge in [-0.2, -0.15) is 12.8 Å². The molecule has 11 heteroatoms. The minimum absolute atomic E-state index is 0.0125. The van der Waals surface area contributed by atoms with Crippen LogP contribution in [0.25, 0.3) is 0 Å². The molecule has 1 spiro atoms. The fourth-order valence-corrected chi connectivity index (χ4v) is 8.55. The highest BCUT2D eigenvalue weighted by molar-refractivity contribution is 7.90. The van der Waals surface area contributed by atoms with E-state index in [1.807, 2.05) is 47.5 Å². The van der Waals surface area contributed by atoms with Crippen molar-refractivity contribution in [1.29, 1.82) is 0 Å². The number of pyridine rings is 3. The quantitative estimate of drug-likeness (QED) is 0.236. The van der Waals surface area contributed by atoms with Crippen LogP contribution >= 0.6 is 0 Å². The van der Waals surface area contributed by atoms with Crippen molar-refractivity contribution in [3.63, 3.8) is 0 Å². The molecule has 4 bridgehead atoms. The van der Waals surface area contributed by atoms with Gasteiger partial charge in [0, 0.05) is 30.3 Å². The number of aromatic nitrogens is 3. The van der Waals surface area contributed by atoms with Gasteiger partial charge in [-0.1, -0.05) is 57.2 Å². The zero-order valence-electron chi connectivity index (χ0n) is 27.9. The van der Waals surface area contributed by atoms with E-state index in [9.17, 15) is 13.2 Å². The van der Waals surface area contributed by atoms with Crippen LogP contribution in [0.3, 0.4) is 0 Å². The van der Waals surface area contributed by atoms with Crippen LogP contribution in [-0.4, -0.2) is 41.4 Å². The zero-order valence-corrected chi connectivity index (χ0v) is 28.7. The lowest BCUT2D eigenvalue weighted by Crippen LogP contribution is -2.41. The first-order valence-corrected chi connectivity index (χ1v) is 17.9. The Labute approximate surface area is 281 Å². The van der Waals surface area contributed by atoms with Gasteiger partial charge >= 0.3 is 0 Å². The molecule has 9 nitrogen and oxygen atoms in total. The smallest absolute Gasteiger partial charge is 0.281 e. The van der Waals surface area contributed by atoms with E-state index in [-0.39, 0.29) is 45.3 Å². The van der Waals surface area contributed by atoms with Crippen molar-refractivity contribution in [3.05, 3.63) is 107 Å². The second-order valence-corrected chi connectivity index (χ2v) is 16.9. The third-order valence-electron chi connectivity index (χ3n) is 10.2. The highest BCUT2D eigenvalue weighted by Crippen LogP contribution is 2.65. The molecule has 3 aliphatic rings. The molecule has 48 heavy (non-hydrogen) atoms. The molecule has 3 aromatic heterocycles. The maximum absolute atomic E-state index is 15.8. The van der Waals surface area contributed by atoms with Crippen LogP contribution < -0.4 is 14.9 Å². The molecular weight excluding hydrogens is 628 g/mol. The van der Waals surface area contributed by atoms with Gasteiger partial charge in [0.1, 0.15) is 11.6 Å². The third kappa shape index (κ3) is 6.04. The number of fused-ring (bicyclic) bond motifs is 5. The van der Waals surface area contributed by atoms with E-state index in [4.69, 9.17) is 4.98 Å². The van der Waals surface area contributed by atoms with Gasteiger partial charge in [-0.05, 0) is 91.3 Å². The van der Waals surface area contributed by atoms with Crippen LogP contribution in [0.15, 0.2) is 78.0 Å². The number of benzene rings is 1. The molecule has 5 heterocycles. The third-order valence-corrected chi connectivity index (χ3v) is 11.4. The zero-order chi connectivity index (χ0) is 34.1. The molecule has 1 aromatic carbocycles. The molecule has 1 saturated heterocycles. The van der Waals surface area contributed by atoms with Crippen molar-refractivity contribution >= 4 is 27.6 Å². The average Bonchev–Trinajstić information content (AvgIpc) is 3.60. The van der Waals surface area contributed by atoms with Crippen molar-refractivity contribution in [1.82, 2.24) is 19.7 Å². The Morgan fingerprint density at radius 3 is 2.54 bits per heavy atom. The monoisotopic (exact) mass is 668 g/mol. The number of rotatable bonds is 3. The molecule has 1 amide bonds. The second kappa shape index (κ2) is 11.4. The summed E-state index contributed by atoms with van der Waals surface area (Å²) in [6, 6.07) is 19.3. The Kier molecular flexibility index (Phi) is 7.62. The normalized spacial score (nSPS) is 24.3. The van der Waals surface area contributed by atoms with Crippen molar-refractivity contribution in [2.24, 2.45) is 11.3 Å². The predicted molar refractivity (Wildman–Crippen MR) is 183 cm³/mol. The number of hydrogen-bond donors (Lipinski definition) is 2. The summed E-state index contributed by atoms with van der Waals surface area (Å²) in [5.41, 5.74) is 2.42. The number of hydrogen-bond acceptors (Lipinski definition) is 8. The number of amides is 1. The Balaban J connectivity index is 1.34. The summed E-state index contributed by atoms with van der Waals surface area (Å²) in [5.74, 6) is -0.748. The number of carbonyl (C=O) groups excluding carboxylic acids is 1. The lowest BCUT2D eigenvalue weighted by Gasteiger charge is -2.33. The summed E-state index contributed by atoms with van der Waals surface area (Å²) >= 11 is 0. The number of carbonyl (C=O) groups is 1. The molecule has 3 unspecified atom stereocenters. The molecule has 4 aromatic rings. The fourth-order valence-electron chi connectivity index (χ4n) is 7.61. The van der Waals surface area contributed by atoms with Crippen LogP contribution in [-0.2, 0) is 21.9 Å². The summed E-state index contributed by atoms with van der Waals surface area (Å²) in [6.07, 6.45) is 4.54. The van der Waals surface area contributed by atoms with Crippen LogP contribution in [0, 0.1) is 17.3 Å². The Morgan fingerprint density at radius 1 is 1.02 bits per heavy atom. The minimum atomic E-state index is -4.41. The van der Waals surface area contributed by atoms with Gasteiger partial charge in [0.25, 0.3) is 15.9 Å². The standard InChI is InChI=1S/C37H41FN6O3S/c1-35(2,3)25-14-15-39-28(18-25)29-19-26-20-37(26)21-36(4,5)44(22-37)33-27(17-24(32(38)42-33)16-23-10-7-6-8-11-23)34(45)43-48(46,47)31-13-9-12-30(40-29)41-31/h6-15,17-18,26,29H,16,19-22H2,1-5H3,(H,40,41)(H,43,45). The Morgan fingerprint density at radius 2 is 1.79 bits per heavy atom. The van der Waals surface area contributed by atoms with Gasteiger partial charge in [-0.3, -0.25) is 9.78 Å². The van der Waals surface area contributed by atoms with Crippen LogP contribution in [0.2, 0.25) is 0 Å². The first-order chi connectivity index (χ1) is 22.6. The van der Waals surface area contributed by atoms with Gasteiger partial charge in [-0.25, -0.2) is 14.7 Å². The van der Waals surface area contributed by atoms with E-state index in [1.54, 1.807) is 12.1 Å². The van der Waals surface area contributed by atoms with E-state index in [1.165, 1.54) is 12.1 Å². The van der Waals surface area contributed by atoms with E-state index < -0.39 is 27.4 Å². The van der Waals surface area contributed by atoms with E-state index in [2.05, 4.69) is 60.7 Å². The van der Waals surface area contributed by atoms with Gasteiger partial charge in [0.15, 0.2) is 5.03 Å².